The summed E-state index contributed by atoms with van der Waals surface area (Å²) in [4.78, 5) is 0. The molecule has 154 valence electrons. The molecule has 0 spiro atoms. The number of hydrogen-bond donors (Lipinski definition) is 3. The molecular weight excluding hydrogens is 395 g/mol. The number of nitrogens with one attached hydrogen (secondary N) is 2. The molecule has 1 saturated heterocycles. The van der Waals surface area contributed by atoms with Gasteiger partial charge in [-0.25, -0.2) is 13.2 Å². The van der Waals surface area contributed by atoms with Crippen molar-refractivity contribution in [1.82, 2.24) is 5.32 Å². The van der Waals surface area contributed by atoms with Crippen molar-refractivity contribution in [2.24, 2.45) is 5.73 Å². The van der Waals surface area contributed by atoms with Gasteiger partial charge >= 0.3 is 0 Å². The number of anilines is 2. The molecule has 3 rings (SSSR count). The van der Waals surface area contributed by atoms with Crippen LogP contribution in [-0.2, 0) is 10.3 Å². The summed E-state index contributed by atoms with van der Waals surface area (Å²) in [5.74, 6) is -0.131. The largest absolute Gasteiger partial charge is 0.485 e. The third-order valence-corrected chi connectivity index (χ3v) is 4.29. The summed E-state index contributed by atoms with van der Waals surface area (Å²) in [6.07, 6.45) is -3.11. The van der Waals surface area contributed by atoms with Gasteiger partial charge in [0.15, 0.2) is 0 Å². The van der Waals surface area contributed by atoms with Crippen molar-refractivity contribution in [3.8, 4) is 5.75 Å². The first-order valence-electron chi connectivity index (χ1n) is 8.58. The number of rotatable bonds is 6. The zero-order chi connectivity index (χ0) is 19.4. The van der Waals surface area contributed by atoms with Crippen molar-refractivity contribution >= 4 is 23.8 Å². The maximum atomic E-state index is 14.5. The average Bonchev–Trinajstić information content (AvgIpc) is 2.62. The normalized spacial score (nSPS) is 21.9. The van der Waals surface area contributed by atoms with Gasteiger partial charge in [-0.1, -0.05) is 12.1 Å². The number of benzene rings is 2. The smallest absolute Gasteiger partial charge is 0.272 e. The zero-order valence-electron chi connectivity index (χ0n) is 15.3. The van der Waals surface area contributed by atoms with E-state index in [4.69, 9.17) is 15.2 Å². The van der Waals surface area contributed by atoms with Gasteiger partial charge in [0.05, 0.1) is 5.69 Å². The van der Waals surface area contributed by atoms with E-state index in [1.807, 2.05) is 0 Å². The van der Waals surface area contributed by atoms with E-state index in [1.165, 1.54) is 6.07 Å². The number of nitrogens with two attached hydrogens (primary N) is 1. The molecule has 0 bridgehead atoms. The Morgan fingerprint density at radius 3 is 2.79 bits per heavy atom. The third kappa shape index (κ3) is 5.29. The van der Waals surface area contributed by atoms with E-state index >= 15 is 0 Å². The lowest BCUT2D eigenvalue weighted by molar-refractivity contribution is -0.109. The SMILES string of the molecule is CC1(c2cc(Nc3ccccc3OCC(F)F)ccc2F)CNC[C@H](N)O1.Cl. The lowest BCUT2D eigenvalue weighted by Crippen LogP contribution is -2.53. The molecular formula is C19H23ClF3N3O2. The fourth-order valence-corrected chi connectivity index (χ4v) is 3.04. The van der Waals surface area contributed by atoms with Crippen molar-refractivity contribution in [3.05, 3.63) is 53.8 Å². The predicted molar refractivity (Wildman–Crippen MR) is 104 cm³/mol. The van der Waals surface area contributed by atoms with E-state index in [0.717, 1.165) is 0 Å². The zero-order valence-corrected chi connectivity index (χ0v) is 16.1. The Kier molecular flexibility index (Phi) is 7.54. The second-order valence-electron chi connectivity index (χ2n) is 6.54. The van der Waals surface area contributed by atoms with E-state index in [9.17, 15) is 13.2 Å². The van der Waals surface area contributed by atoms with Gasteiger partial charge in [0, 0.05) is 24.3 Å². The van der Waals surface area contributed by atoms with Crippen LogP contribution in [0.4, 0.5) is 24.5 Å². The molecule has 2 atom stereocenters. The molecule has 1 aliphatic heterocycles. The maximum absolute atomic E-state index is 14.5. The van der Waals surface area contributed by atoms with Crippen molar-refractivity contribution in [2.45, 2.75) is 25.2 Å². The van der Waals surface area contributed by atoms with Gasteiger partial charge in [-0.05, 0) is 37.3 Å². The summed E-state index contributed by atoms with van der Waals surface area (Å²) in [7, 11) is 0. The summed E-state index contributed by atoms with van der Waals surface area (Å²) < 4.78 is 50.3. The Balaban J connectivity index is 0.00000280. The molecule has 1 fully saturated rings. The molecule has 2 aromatic rings. The highest BCUT2D eigenvalue weighted by atomic mass is 35.5. The molecule has 5 nitrogen and oxygen atoms in total. The Hall–Kier alpha value is -2.00. The van der Waals surface area contributed by atoms with Gasteiger partial charge in [-0.15, -0.1) is 12.4 Å². The second kappa shape index (κ2) is 9.47. The fourth-order valence-electron chi connectivity index (χ4n) is 3.04. The lowest BCUT2D eigenvalue weighted by atomic mass is 9.93. The molecule has 1 aliphatic rings. The highest BCUT2D eigenvalue weighted by Gasteiger charge is 2.35. The first-order chi connectivity index (χ1) is 12.9. The van der Waals surface area contributed by atoms with Crippen LogP contribution in [0.1, 0.15) is 12.5 Å². The van der Waals surface area contributed by atoms with Crippen molar-refractivity contribution < 1.29 is 22.6 Å². The fraction of sp³-hybridized carbons (Fsp3) is 0.368. The quantitative estimate of drug-likeness (QED) is 0.667. The van der Waals surface area contributed by atoms with Gasteiger partial charge in [0.1, 0.15) is 30.0 Å². The summed E-state index contributed by atoms with van der Waals surface area (Å²) in [5.41, 5.74) is 6.33. The topological polar surface area (TPSA) is 68.5 Å². The number of alkyl halides is 2. The maximum Gasteiger partial charge on any atom is 0.272 e. The number of ether oxygens (including phenoxy) is 2. The van der Waals surface area contributed by atoms with Crippen LogP contribution in [0.15, 0.2) is 42.5 Å². The van der Waals surface area contributed by atoms with Gasteiger partial charge in [-0.2, -0.15) is 0 Å². The Labute approximate surface area is 167 Å². The summed E-state index contributed by atoms with van der Waals surface area (Å²) in [6.45, 7) is 1.96. The second-order valence-corrected chi connectivity index (χ2v) is 6.54. The number of hydrogen-bond acceptors (Lipinski definition) is 5. The highest BCUT2D eigenvalue weighted by Crippen LogP contribution is 2.34. The van der Waals surface area contributed by atoms with Crippen LogP contribution in [0, 0.1) is 5.82 Å². The molecule has 0 radical (unpaired) electrons. The Morgan fingerprint density at radius 1 is 1.32 bits per heavy atom. The predicted octanol–water partition coefficient (Wildman–Crippen LogP) is 3.75. The van der Waals surface area contributed by atoms with Crippen LogP contribution in [0.5, 0.6) is 5.75 Å². The van der Waals surface area contributed by atoms with Crippen molar-refractivity contribution in [2.75, 3.05) is 25.0 Å². The third-order valence-electron chi connectivity index (χ3n) is 4.29. The summed E-state index contributed by atoms with van der Waals surface area (Å²) >= 11 is 0. The molecule has 1 unspecified atom stereocenters. The van der Waals surface area contributed by atoms with E-state index in [0.29, 0.717) is 30.0 Å². The van der Waals surface area contributed by atoms with Crippen molar-refractivity contribution in [1.29, 1.82) is 0 Å². The Bertz CT molecular complexity index is 797. The first kappa shape index (κ1) is 22.3. The summed E-state index contributed by atoms with van der Waals surface area (Å²) in [6, 6.07) is 11.2. The van der Waals surface area contributed by atoms with E-state index in [1.54, 1.807) is 43.3 Å². The van der Waals surface area contributed by atoms with Gasteiger partial charge in [0.25, 0.3) is 6.43 Å². The van der Waals surface area contributed by atoms with Crippen LogP contribution >= 0.6 is 12.4 Å². The minimum Gasteiger partial charge on any atom is -0.485 e. The molecule has 0 saturated carbocycles. The molecule has 9 heteroatoms. The monoisotopic (exact) mass is 417 g/mol. The van der Waals surface area contributed by atoms with Crippen LogP contribution < -0.4 is 21.1 Å². The van der Waals surface area contributed by atoms with Crippen LogP contribution in [0.3, 0.4) is 0 Å². The average molecular weight is 418 g/mol. The van der Waals surface area contributed by atoms with E-state index < -0.39 is 30.7 Å². The van der Waals surface area contributed by atoms with Gasteiger partial charge in [0.2, 0.25) is 0 Å². The molecule has 0 aromatic heterocycles. The minimum atomic E-state index is -2.57. The lowest BCUT2D eigenvalue weighted by Gasteiger charge is -2.38. The van der Waals surface area contributed by atoms with Gasteiger partial charge in [-0.3, -0.25) is 0 Å². The number of para-hydroxylation sites is 2. The first-order valence-corrected chi connectivity index (χ1v) is 8.58. The summed E-state index contributed by atoms with van der Waals surface area (Å²) in [5, 5.41) is 6.22. The van der Waals surface area contributed by atoms with E-state index in [2.05, 4.69) is 10.6 Å². The Morgan fingerprint density at radius 2 is 2.07 bits per heavy atom. The standard InChI is InChI=1S/C19H22F3N3O2.ClH/c1-19(11-24-9-18(23)27-19)13-8-12(6-7-14(13)20)25-15-4-2-3-5-16(15)26-10-17(21)22;/h2-8,17-18,24-25H,9-11,23H2,1H3;1H/t18-,19?;/m1./s1. The number of halogens is 4. The molecule has 4 N–H and O–H groups in total. The molecule has 28 heavy (non-hydrogen) atoms. The molecule has 2 aromatic carbocycles. The minimum absolute atomic E-state index is 0. The van der Waals surface area contributed by atoms with Crippen LogP contribution in [-0.4, -0.2) is 32.3 Å². The molecule has 0 aliphatic carbocycles. The van der Waals surface area contributed by atoms with Crippen LogP contribution in [0.2, 0.25) is 0 Å². The van der Waals surface area contributed by atoms with Crippen molar-refractivity contribution in [3.63, 3.8) is 0 Å². The van der Waals surface area contributed by atoms with Crippen LogP contribution in [0.25, 0.3) is 0 Å². The van der Waals surface area contributed by atoms with E-state index in [-0.39, 0.29) is 18.2 Å². The molecule has 0 amide bonds. The molecule has 1 heterocycles. The highest BCUT2D eigenvalue weighted by molar-refractivity contribution is 5.85. The number of morpholine rings is 1. The van der Waals surface area contributed by atoms with Gasteiger partial charge < -0.3 is 25.8 Å².